The summed E-state index contributed by atoms with van der Waals surface area (Å²) in [6, 6.07) is 57.0. The number of hydrogen-bond donors (Lipinski definition) is 0. The number of thiazole rings is 2. The zero-order chi connectivity index (χ0) is 33.7. The second-order valence-electron chi connectivity index (χ2n) is 12.5. The van der Waals surface area contributed by atoms with E-state index in [-0.39, 0.29) is 0 Å². The first-order valence-corrected chi connectivity index (χ1v) is 18.4. The second-order valence-corrected chi connectivity index (χ2v) is 14.5. The van der Waals surface area contributed by atoms with Crippen molar-refractivity contribution in [1.82, 2.24) is 15.0 Å². The Bertz CT molecular complexity index is 2770. The van der Waals surface area contributed by atoms with Crippen LogP contribution in [0.1, 0.15) is 0 Å². The van der Waals surface area contributed by atoms with Gasteiger partial charge in [-0.1, -0.05) is 115 Å². The van der Waals surface area contributed by atoms with Crippen LogP contribution >= 0.6 is 22.7 Å². The third-order valence-electron chi connectivity index (χ3n) is 9.23. The van der Waals surface area contributed by atoms with E-state index in [1.807, 2.05) is 18.2 Å². The molecule has 4 nitrogen and oxygen atoms in total. The average molecular weight is 690 g/mol. The summed E-state index contributed by atoms with van der Waals surface area (Å²) >= 11 is 3.43. The maximum atomic E-state index is 6.55. The van der Waals surface area contributed by atoms with Gasteiger partial charge < -0.3 is 4.42 Å². The molecule has 6 heteroatoms. The van der Waals surface area contributed by atoms with Crippen molar-refractivity contribution in [2.24, 2.45) is 0 Å². The summed E-state index contributed by atoms with van der Waals surface area (Å²) in [4.78, 5) is 14.8. The molecule has 0 fully saturated rings. The lowest BCUT2D eigenvalue weighted by Crippen LogP contribution is -1.86. The van der Waals surface area contributed by atoms with Crippen LogP contribution < -0.4 is 0 Å². The van der Waals surface area contributed by atoms with Gasteiger partial charge in [0.05, 0.1) is 20.4 Å². The molecule has 0 aliphatic carbocycles. The molecule has 0 spiro atoms. The molecule has 10 rings (SSSR count). The monoisotopic (exact) mass is 689 g/mol. The van der Waals surface area contributed by atoms with Gasteiger partial charge >= 0.3 is 0 Å². The van der Waals surface area contributed by atoms with Crippen molar-refractivity contribution in [3.63, 3.8) is 0 Å². The van der Waals surface area contributed by atoms with Crippen LogP contribution in [0.5, 0.6) is 0 Å². The highest BCUT2D eigenvalue weighted by Crippen LogP contribution is 2.39. The van der Waals surface area contributed by atoms with E-state index < -0.39 is 0 Å². The first-order valence-electron chi connectivity index (χ1n) is 16.8. The Labute approximate surface area is 302 Å². The van der Waals surface area contributed by atoms with Gasteiger partial charge in [-0.3, -0.25) is 0 Å². The lowest BCUT2D eigenvalue weighted by atomic mass is 9.96. The summed E-state index contributed by atoms with van der Waals surface area (Å²) in [6.45, 7) is 0. The third-order valence-corrected chi connectivity index (χ3v) is 11.4. The zero-order valence-corrected chi connectivity index (χ0v) is 28.8. The fourth-order valence-corrected chi connectivity index (χ4v) is 8.51. The molecule has 0 saturated heterocycles. The SMILES string of the molecule is c1ccc(-c2ccc(-c3nc4c(-c5ccc(-c6nc7ccccc7s6)cc5)cc(-c5ccc(-c6nc7ccccc7s6)cc5)cc4o3)cc2)cc1. The molecule has 51 heavy (non-hydrogen) atoms. The molecule has 0 atom stereocenters. The molecule has 0 aliphatic heterocycles. The van der Waals surface area contributed by atoms with Gasteiger partial charge in [0.1, 0.15) is 15.5 Å². The van der Waals surface area contributed by atoms with Gasteiger partial charge in [0.15, 0.2) is 5.58 Å². The molecule has 0 saturated carbocycles. The fourth-order valence-electron chi connectivity index (χ4n) is 6.56. The van der Waals surface area contributed by atoms with Crippen molar-refractivity contribution in [3.05, 3.63) is 164 Å². The van der Waals surface area contributed by atoms with Crippen LogP contribution in [0, 0.1) is 0 Å². The maximum absolute atomic E-state index is 6.55. The predicted molar refractivity (Wildman–Crippen MR) is 213 cm³/mol. The van der Waals surface area contributed by atoms with Crippen LogP contribution in [0.15, 0.2) is 168 Å². The first kappa shape index (κ1) is 29.7. The van der Waals surface area contributed by atoms with Crippen molar-refractivity contribution in [2.75, 3.05) is 0 Å². The van der Waals surface area contributed by atoms with E-state index in [9.17, 15) is 0 Å². The molecule has 0 bridgehead atoms. The lowest BCUT2D eigenvalue weighted by Gasteiger charge is -2.08. The van der Waals surface area contributed by atoms with E-state index in [0.29, 0.717) is 5.89 Å². The lowest BCUT2D eigenvalue weighted by molar-refractivity contribution is 0.620. The van der Waals surface area contributed by atoms with Gasteiger partial charge in [0.25, 0.3) is 0 Å². The Morgan fingerprint density at radius 3 is 1.43 bits per heavy atom. The summed E-state index contributed by atoms with van der Waals surface area (Å²) in [7, 11) is 0. The Balaban J connectivity index is 1.05. The first-order chi connectivity index (χ1) is 25.2. The van der Waals surface area contributed by atoms with Crippen LogP contribution in [0.3, 0.4) is 0 Å². The average Bonchev–Trinajstić information content (AvgIpc) is 3.95. The Hall–Kier alpha value is -6.21. The number of oxazole rings is 1. The van der Waals surface area contributed by atoms with Crippen LogP contribution in [0.25, 0.3) is 97.5 Å². The summed E-state index contributed by atoms with van der Waals surface area (Å²) in [5, 5.41) is 2.03. The minimum Gasteiger partial charge on any atom is -0.436 e. The van der Waals surface area contributed by atoms with E-state index in [4.69, 9.17) is 19.4 Å². The topological polar surface area (TPSA) is 51.8 Å². The number of fused-ring (bicyclic) bond motifs is 3. The van der Waals surface area contributed by atoms with Gasteiger partial charge in [-0.15, -0.1) is 22.7 Å². The van der Waals surface area contributed by atoms with Crippen molar-refractivity contribution in [1.29, 1.82) is 0 Å². The number of nitrogens with zero attached hydrogens (tertiary/aromatic N) is 3. The van der Waals surface area contributed by atoms with Crippen LogP contribution in [-0.4, -0.2) is 15.0 Å². The largest absolute Gasteiger partial charge is 0.436 e. The van der Waals surface area contributed by atoms with E-state index in [1.165, 1.54) is 15.0 Å². The molecule has 10 aromatic rings. The summed E-state index contributed by atoms with van der Waals surface area (Å²) in [5.41, 5.74) is 13.3. The van der Waals surface area contributed by atoms with Gasteiger partial charge in [-0.2, -0.15) is 0 Å². The van der Waals surface area contributed by atoms with Crippen LogP contribution in [0.4, 0.5) is 0 Å². The van der Waals surface area contributed by atoms with E-state index >= 15 is 0 Å². The summed E-state index contributed by atoms with van der Waals surface area (Å²) in [5.74, 6) is 0.597. The summed E-state index contributed by atoms with van der Waals surface area (Å²) < 4.78 is 8.93. The van der Waals surface area contributed by atoms with Gasteiger partial charge in [0.2, 0.25) is 5.89 Å². The summed E-state index contributed by atoms with van der Waals surface area (Å²) in [6.07, 6.45) is 0. The molecule has 3 heterocycles. The molecular weight excluding hydrogens is 663 g/mol. The highest BCUT2D eigenvalue weighted by Gasteiger charge is 2.17. The van der Waals surface area contributed by atoms with Crippen molar-refractivity contribution < 1.29 is 4.42 Å². The molecule has 0 unspecified atom stereocenters. The molecule has 3 aromatic heterocycles. The Morgan fingerprint density at radius 1 is 0.373 bits per heavy atom. The molecule has 0 amide bonds. The van der Waals surface area contributed by atoms with E-state index in [1.54, 1.807) is 22.7 Å². The highest BCUT2D eigenvalue weighted by molar-refractivity contribution is 7.22. The van der Waals surface area contributed by atoms with Crippen molar-refractivity contribution >= 4 is 54.2 Å². The standard InChI is InChI=1S/C45H27N3OS2/c1-2-8-28(9-3-1)29-14-20-32(21-15-29)43-48-42-36(31-18-24-34(25-19-31)45-47-38-11-5-7-13-41(38)51-45)26-35(27-39(42)49-43)30-16-22-33(23-17-30)44-46-37-10-4-6-12-40(37)50-44/h1-27H. The second kappa shape index (κ2) is 12.3. The zero-order valence-electron chi connectivity index (χ0n) is 27.2. The quantitative estimate of drug-likeness (QED) is 0.174. The van der Waals surface area contributed by atoms with Crippen LogP contribution in [-0.2, 0) is 0 Å². The molecular formula is C45H27N3OS2. The van der Waals surface area contributed by atoms with Gasteiger partial charge in [-0.25, -0.2) is 15.0 Å². The number of rotatable bonds is 6. The minimum atomic E-state index is 0.597. The number of hydrogen-bond acceptors (Lipinski definition) is 6. The molecule has 240 valence electrons. The van der Waals surface area contributed by atoms with E-state index in [2.05, 4.69) is 146 Å². The maximum Gasteiger partial charge on any atom is 0.227 e. The third kappa shape index (κ3) is 5.51. The number of aromatic nitrogens is 3. The van der Waals surface area contributed by atoms with Gasteiger partial charge in [-0.05, 0) is 76.3 Å². The minimum absolute atomic E-state index is 0.597. The van der Waals surface area contributed by atoms with Crippen molar-refractivity contribution in [3.8, 4) is 66.0 Å². The number of benzene rings is 7. The molecule has 0 N–H and O–H groups in total. The van der Waals surface area contributed by atoms with E-state index in [0.717, 1.165) is 76.7 Å². The smallest absolute Gasteiger partial charge is 0.227 e. The Kier molecular flexibility index (Phi) is 7.15. The fraction of sp³-hybridized carbons (Fsp3) is 0. The molecule has 7 aromatic carbocycles. The number of para-hydroxylation sites is 2. The molecule has 0 radical (unpaired) electrons. The predicted octanol–water partition coefficient (Wildman–Crippen LogP) is 13.0. The Morgan fingerprint density at radius 2 is 0.843 bits per heavy atom. The highest BCUT2D eigenvalue weighted by atomic mass is 32.1. The normalized spacial score (nSPS) is 11.5. The van der Waals surface area contributed by atoms with Crippen LogP contribution in [0.2, 0.25) is 0 Å². The van der Waals surface area contributed by atoms with Gasteiger partial charge in [0, 0.05) is 22.3 Å². The van der Waals surface area contributed by atoms with Crippen molar-refractivity contribution in [2.45, 2.75) is 0 Å². The molecule has 0 aliphatic rings.